The second-order valence-corrected chi connectivity index (χ2v) is 24.3. The van der Waals surface area contributed by atoms with Crippen LogP contribution in [-0.4, -0.2) is 222 Å². The van der Waals surface area contributed by atoms with Crippen molar-refractivity contribution in [1.82, 2.24) is 61.7 Å². The quantitative estimate of drug-likeness (QED) is 0.0418. The highest BCUT2D eigenvalue weighted by molar-refractivity contribution is 5.99. The Kier molecular flexibility index (Phi) is 32.4. The topological polar surface area (TPSA) is 369 Å². The molecule has 0 saturated carbocycles. The number of nitrogens with two attached hydrogens (primary N) is 1. The summed E-state index contributed by atoms with van der Waals surface area (Å²) in [6.45, 7) is 21.4. The van der Waals surface area contributed by atoms with Gasteiger partial charge in [-0.2, -0.15) is 0 Å². The Labute approximate surface area is 513 Å². The van der Waals surface area contributed by atoms with Gasteiger partial charge in [0.05, 0.1) is 19.0 Å². The molecule has 0 bridgehead atoms. The fraction of sp³-hybridized carbons (Fsp3) is 0.683. The summed E-state index contributed by atoms with van der Waals surface area (Å²) in [5.41, 5.74) is 5.81. The number of carbonyl (C=O) groups excluding carboxylic acids is 12. The number of benzene rings is 1. The minimum atomic E-state index is -1.65. The minimum Gasteiger partial charge on any atom is -0.480 e. The van der Waals surface area contributed by atoms with E-state index in [1.54, 1.807) is 72.0 Å². The summed E-state index contributed by atoms with van der Waals surface area (Å²) in [6, 6.07) is -3.95. The Balaban J connectivity index is 3.30. The zero-order valence-electron chi connectivity index (χ0n) is 54.6. The maximum Gasteiger partial charge on any atom is 0.326 e. The molecule has 0 aliphatic rings. The summed E-state index contributed by atoms with van der Waals surface area (Å²) in [5.74, 6) is -10.2. The second kappa shape index (κ2) is 36.4. The third-order valence-corrected chi connectivity index (χ3v) is 15.0. The Morgan fingerprint density at radius 3 is 1.33 bits per heavy atom. The van der Waals surface area contributed by atoms with Gasteiger partial charge < -0.3 is 72.6 Å². The molecule has 27 heteroatoms. The van der Waals surface area contributed by atoms with Gasteiger partial charge in [0.25, 0.3) is 0 Å². The van der Waals surface area contributed by atoms with E-state index in [9.17, 15) is 67.4 Å². The minimum absolute atomic E-state index is 0.00633. The Bertz CT molecular complexity index is 2550. The van der Waals surface area contributed by atoms with Crippen LogP contribution in [0.25, 0.3) is 0 Å². The van der Waals surface area contributed by atoms with E-state index < -0.39 is 150 Å². The van der Waals surface area contributed by atoms with Gasteiger partial charge in [-0.15, -0.1) is 0 Å². The fourth-order valence-corrected chi connectivity index (χ4v) is 9.27. The molecule has 0 radical (unpaired) electrons. The van der Waals surface area contributed by atoms with Crippen molar-refractivity contribution in [1.29, 1.82) is 0 Å². The number of nitrogens with zero attached hydrogens (tertiary/aromatic N) is 5. The van der Waals surface area contributed by atoms with Gasteiger partial charge >= 0.3 is 5.97 Å². The monoisotopic (exact) mass is 1230 g/mol. The van der Waals surface area contributed by atoms with Crippen LogP contribution in [0.5, 0.6) is 0 Å². The third kappa shape index (κ3) is 24.9. The Morgan fingerprint density at radius 1 is 0.437 bits per heavy atom. The van der Waals surface area contributed by atoms with Crippen LogP contribution >= 0.6 is 0 Å². The SMILES string of the molecule is CN[C@@H](C)C(=O)N[C@@H](CC(C)C)C(=O)N(C)[C@@H](CC(C)C)C(=O)N[C@@H](C)C(=O)N(C)[C@@H](Cc1ccccc1)C(=O)NCC(=O)N(C)[C@@H](C)C(=O)N[C@@H](CC(C)C)C(=O)N[C@@H](C)C(=O)N(C)[C@@H](CC(C)C)C(=O)N(C)[C@@H](C)C(=O)N[C@@H](CC(N)=O)C(=O)O. The predicted molar refractivity (Wildman–Crippen MR) is 326 cm³/mol. The molecular weight excluding hydrogens is 1130 g/mol. The highest BCUT2D eigenvalue weighted by atomic mass is 16.4. The van der Waals surface area contributed by atoms with Crippen LogP contribution in [0, 0.1) is 23.7 Å². The van der Waals surface area contributed by atoms with Crippen molar-refractivity contribution in [2.24, 2.45) is 29.4 Å². The van der Waals surface area contributed by atoms with Crippen LogP contribution < -0.4 is 43.0 Å². The van der Waals surface area contributed by atoms with Gasteiger partial charge in [0.1, 0.15) is 60.4 Å². The highest BCUT2D eigenvalue weighted by Crippen LogP contribution is 2.19. The number of carbonyl (C=O) groups is 13. The smallest absolute Gasteiger partial charge is 0.326 e. The van der Waals surface area contributed by atoms with Gasteiger partial charge in [0, 0.05) is 41.7 Å². The number of nitrogens with one attached hydrogen (secondary N) is 7. The first kappa shape index (κ1) is 77.3. The lowest BCUT2D eigenvalue weighted by molar-refractivity contribution is -0.150. The van der Waals surface area contributed by atoms with Gasteiger partial charge in [-0.3, -0.25) is 57.5 Å². The number of hydrogen-bond donors (Lipinski definition) is 9. The summed E-state index contributed by atoms with van der Waals surface area (Å²) >= 11 is 0. The molecule has 0 unspecified atom stereocenters. The van der Waals surface area contributed by atoms with E-state index in [2.05, 4.69) is 37.2 Å². The number of primary amides is 1. The Morgan fingerprint density at radius 2 is 0.862 bits per heavy atom. The van der Waals surface area contributed by atoms with Crippen molar-refractivity contribution in [2.75, 3.05) is 48.8 Å². The lowest BCUT2D eigenvalue weighted by atomic mass is 9.98. The van der Waals surface area contributed by atoms with E-state index in [1.165, 1.54) is 67.8 Å². The van der Waals surface area contributed by atoms with Crippen molar-refractivity contribution in [3.8, 4) is 0 Å². The first-order chi connectivity index (χ1) is 40.3. The first-order valence-electron chi connectivity index (χ1n) is 29.6. The summed E-state index contributed by atoms with van der Waals surface area (Å²) in [7, 11) is 8.47. The van der Waals surface area contributed by atoms with Crippen LogP contribution in [0.3, 0.4) is 0 Å². The zero-order valence-corrected chi connectivity index (χ0v) is 54.6. The van der Waals surface area contributed by atoms with Gasteiger partial charge in [-0.25, -0.2) is 4.79 Å². The normalized spacial score (nSPS) is 15.1. The lowest BCUT2D eigenvalue weighted by Crippen LogP contribution is -2.59. The molecule has 11 atom stereocenters. The zero-order chi connectivity index (χ0) is 67.1. The molecule has 0 heterocycles. The molecule has 27 nitrogen and oxygen atoms in total. The van der Waals surface area contributed by atoms with E-state index >= 15 is 0 Å². The average molecular weight is 1230 g/mol. The van der Waals surface area contributed by atoms with Gasteiger partial charge in [0.2, 0.25) is 70.9 Å². The molecule has 0 aliphatic carbocycles. The summed E-state index contributed by atoms with van der Waals surface area (Å²) in [4.78, 5) is 181. The van der Waals surface area contributed by atoms with E-state index in [0.29, 0.717) is 12.0 Å². The predicted octanol–water partition coefficient (Wildman–Crippen LogP) is -0.264. The molecule has 490 valence electrons. The Hall–Kier alpha value is -7.71. The first-order valence-corrected chi connectivity index (χ1v) is 29.6. The maximum atomic E-state index is 14.2. The van der Waals surface area contributed by atoms with Gasteiger partial charge in [0.15, 0.2) is 0 Å². The molecule has 12 amide bonds. The summed E-state index contributed by atoms with van der Waals surface area (Å²) in [5, 5.41) is 28.0. The van der Waals surface area contributed by atoms with E-state index in [0.717, 1.165) is 19.6 Å². The molecular formula is C60H101N13O14. The average Bonchev–Trinajstić information content (AvgIpc) is 2.23. The van der Waals surface area contributed by atoms with Gasteiger partial charge in [-0.05, 0) is 96.6 Å². The van der Waals surface area contributed by atoms with E-state index in [1.807, 2.05) is 27.7 Å². The number of amides is 12. The molecule has 87 heavy (non-hydrogen) atoms. The lowest BCUT2D eigenvalue weighted by Gasteiger charge is -2.35. The van der Waals surface area contributed by atoms with Gasteiger partial charge in [-0.1, -0.05) is 85.7 Å². The van der Waals surface area contributed by atoms with Crippen LogP contribution in [-0.2, 0) is 68.7 Å². The molecule has 10 N–H and O–H groups in total. The van der Waals surface area contributed by atoms with E-state index in [-0.39, 0.29) is 55.3 Å². The molecule has 1 rings (SSSR count). The molecule has 0 aliphatic heterocycles. The third-order valence-electron chi connectivity index (χ3n) is 15.0. The molecule has 1 aromatic rings. The molecule has 0 spiro atoms. The number of carboxylic acids is 1. The largest absolute Gasteiger partial charge is 0.480 e. The van der Waals surface area contributed by atoms with Crippen molar-refractivity contribution < 1.29 is 67.4 Å². The van der Waals surface area contributed by atoms with Crippen molar-refractivity contribution in [2.45, 2.75) is 195 Å². The molecule has 0 saturated heterocycles. The maximum absolute atomic E-state index is 14.2. The van der Waals surface area contributed by atoms with Crippen molar-refractivity contribution in [3.63, 3.8) is 0 Å². The van der Waals surface area contributed by atoms with Crippen LogP contribution in [0.15, 0.2) is 30.3 Å². The number of hydrogen-bond acceptors (Lipinski definition) is 14. The van der Waals surface area contributed by atoms with Crippen LogP contribution in [0.1, 0.15) is 128 Å². The number of rotatable bonds is 36. The summed E-state index contributed by atoms with van der Waals surface area (Å²) < 4.78 is 0. The number of likely N-dealkylation sites (N-methyl/N-ethyl adjacent to an activating group) is 6. The molecule has 0 fully saturated rings. The second-order valence-electron chi connectivity index (χ2n) is 24.3. The highest BCUT2D eigenvalue weighted by Gasteiger charge is 2.39. The van der Waals surface area contributed by atoms with Crippen molar-refractivity contribution >= 4 is 76.9 Å². The fourth-order valence-electron chi connectivity index (χ4n) is 9.27. The number of aliphatic carboxylic acids is 1. The molecule has 0 aromatic heterocycles. The van der Waals surface area contributed by atoms with E-state index in [4.69, 9.17) is 5.73 Å². The summed E-state index contributed by atoms with van der Waals surface area (Å²) in [6.07, 6.45) is 0.0488. The standard InChI is InChI=1S/C60H101N13O14/c1-32(2)25-42(53(79)64-37(10)57(83)73(19)47(28-35(7)8)59(85)70(16)40(13)52(78)68-44(60(86)87)30-48(61)74)66-51(77)39(12)69(15)49(75)31-63-54(80)46(29-41-23-21-20-22-24-41)71(17)56(82)38(11)65-55(81)45(27-34(5)6)72(18)58(84)43(26-33(3)4)67-50(76)36(9)62-14/h20-24,32-40,42-47,62H,25-31H2,1-19H3,(H2,61,74)(H,63,80)(H,64,79)(H,65,81)(H,66,77)(H,67,76)(H,68,78)(H,86,87)/t36-,37-,38-,39-,40-,42-,43-,44-,45-,46-,47-/m0/s1. The number of carboxylic acid groups (broad SMARTS) is 1. The molecule has 1 aromatic carbocycles. The van der Waals surface area contributed by atoms with Crippen LogP contribution in [0.2, 0.25) is 0 Å². The van der Waals surface area contributed by atoms with Crippen molar-refractivity contribution in [3.05, 3.63) is 35.9 Å². The van der Waals surface area contributed by atoms with Crippen LogP contribution in [0.4, 0.5) is 0 Å².